The Balaban J connectivity index is 1.40. The van der Waals surface area contributed by atoms with E-state index < -0.39 is 116 Å². The van der Waals surface area contributed by atoms with E-state index in [0.717, 1.165) is 17.2 Å². The summed E-state index contributed by atoms with van der Waals surface area (Å²) in [6.45, 7) is -0.616. The zero-order valence-corrected chi connectivity index (χ0v) is 33.4. The van der Waals surface area contributed by atoms with Gasteiger partial charge in [0.1, 0.15) is 54.6 Å². The number of hydrogen-bond acceptors (Lipinski definition) is 25. The largest absolute Gasteiger partial charge is 0.790 e. The van der Waals surface area contributed by atoms with Gasteiger partial charge in [0.25, 0.3) is 15.6 Å². The Labute approximate surface area is 328 Å². The molecule has 2 aliphatic rings. The molecule has 2 aromatic heterocycles. The highest BCUT2D eigenvalue weighted by atomic mass is 32.1. The van der Waals surface area contributed by atoms with Crippen molar-refractivity contribution in [2.45, 2.75) is 75.5 Å². The predicted molar refractivity (Wildman–Crippen MR) is 181 cm³/mol. The summed E-state index contributed by atoms with van der Waals surface area (Å²) in [5, 5.41) is 47.4. The maximum absolute atomic E-state index is 12.7. The highest BCUT2D eigenvalue weighted by molar-refractivity contribution is 7.80. The van der Waals surface area contributed by atoms with E-state index in [4.69, 9.17) is 19.9 Å². The molecule has 324 valence electrons. The van der Waals surface area contributed by atoms with E-state index in [-0.39, 0.29) is 29.9 Å². The number of anilines is 1. The molecule has 31 heteroatoms. The van der Waals surface area contributed by atoms with Gasteiger partial charge in [0, 0.05) is 30.7 Å². The van der Waals surface area contributed by atoms with Crippen molar-refractivity contribution in [2.24, 2.45) is 5.41 Å². The number of rotatable bonds is 21. The minimum Gasteiger partial charge on any atom is -0.790 e. The molecule has 2 saturated heterocycles. The van der Waals surface area contributed by atoms with Crippen LogP contribution in [0.3, 0.4) is 0 Å². The number of nitrogens with zero attached hydrogens (tertiary/aromatic N) is 4. The van der Waals surface area contributed by atoms with Crippen LogP contribution >= 0.6 is 36.1 Å². The third kappa shape index (κ3) is 12.9. The Morgan fingerprint density at radius 3 is 2.28 bits per heavy atom. The van der Waals surface area contributed by atoms with Crippen LogP contribution in [0.25, 0.3) is 11.2 Å². The van der Waals surface area contributed by atoms with E-state index in [0.29, 0.717) is 12.3 Å². The van der Waals surface area contributed by atoms with Gasteiger partial charge in [-0.3, -0.25) is 23.3 Å². The molecule has 27 nitrogen and oxygen atoms in total. The summed E-state index contributed by atoms with van der Waals surface area (Å²) < 4.78 is 71.6. The van der Waals surface area contributed by atoms with Gasteiger partial charge in [-0.15, -0.1) is 0 Å². The summed E-state index contributed by atoms with van der Waals surface area (Å²) in [5.41, 5.74) is 4.22. The lowest BCUT2D eigenvalue weighted by molar-refractivity contribution is -0.343. The molecule has 2 aromatic rings. The number of hydrogen-bond donors (Lipinski definition) is 8. The Morgan fingerprint density at radius 1 is 0.965 bits per heavy atom. The molecule has 11 atom stereocenters. The van der Waals surface area contributed by atoms with Crippen molar-refractivity contribution in [2.75, 3.05) is 44.4 Å². The van der Waals surface area contributed by atoms with Crippen LogP contribution in [0, 0.1) is 5.41 Å². The first-order chi connectivity index (χ1) is 26.4. The first kappa shape index (κ1) is 47.4. The fraction of sp³-hybridized carbons (Fsp3) is 0.731. The first-order valence-electron chi connectivity index (χ1n) is 16.5. The Kier molecular flexibility index (Phi) is 16.1. The number of fused-ring (bicyclic) bond motifs is 1. The molecule has 0 aliphatic carbocycles. The Morgan fingerprint density at radius 2 is 1.61 bits per heavy atom. The van der Waals surface area contributed by atoms with E-state index in [1.807, 2.05) is 0 Å². The maximum Gasteiger partial charge on any atom is 0.274 e. The average Bonchev–Trinajstić information content (AvgIpc) is 3.77. The zero-order chi connectivity index (χ0) is 42.5. The standard InChI is InChI=1S/C26H44N7O20P3S/c1-26(2,20(38)23(39)29-4-3-14(34)28-5-6-57)9-49-56(45,46)53-55(43,44)48-8-13-17(36)19(24(50-13)33-11-32-15-21(27)30-10-31-22(15)33)52-25-18(37)16(35)12(51-25)7-47-54(40,41)42/h10-13,16-20,24-25,35-38,57H,3-9H2,1-2H3,(H,28,34)(H,29,39)(H,43,44)(H,45,46)(H2,27,30,31)(H2,40,41,42)/p-4/t12-,13-,16-,17-,18-,19-,20+,24-,25+/m1/s1. The topological polar surface area (TPSA) is 417 Å². The molecule has 2 unspecified atom stereocenters. The van der Waals surface area contributed by atoms with Crippen molar-refractivity contribution < 1.29 is 95.4 Å². The van der Waals surface area contributed by atoms with Crippen LogP contribution in [-0.4, -0.2) is 139 Å². The number of nitrogen functional groups attached to an aromatic ring is 1. The van der Waals surface area contributed by atoms with Gasteiger partial charge in [-0.05, 0) is 0 Å². The highest BCUT2D eigenvalue weighted by Gasteiger charge is 2.52. The third-order valence-electron chi connectivity index (χ3n) is 8.25. The summed E-state index contributed by atoms with van der Waals surface area (Å²) >= 11 is 3.95. The van der Waals surface area contributed by atoms with Crippen molar-refractivity contribution in [3.63, 3.8) is 0 Å². The number of nitrogens with two attached hydrogens (primary N) is 1. The van der Waals surface area contributed by atoms with Crippen LogP contribution in [0.15, 0.2) is 12.7 Å². The van der Waals surface area contributed by atoms with Crippen molar-refractivity contribution in [1.82, 2.24) is 30.2 Å². The Hall–Kier alpha value is -2.27. The van der Waals surface area contributed by atoms with E-state index >= 15 is 0 Å². The van der Waals surface area contributed by atoms with Crippen molar-refractivity contribution >= 4 is 64.9 Å². The number of nitrogens with one attached hydrogen (secondary N) is 2. The van der Waals surface area contributed by atoms with Gasteiger partial charge < -0.3 is 88.7 Å². The van der Waals surface area contributed by atoms with Gasteiger partial charge in [-0.2, -0.15) is 12.6 Å². The van der Waals surface area contributed by atoms with Crippen LogP contribution in [0.1, 0.15) is 26.5 Å². The second-order valence-corrected chi connectivity index (χ2v) is 17.6. The monoisotopic (exact) mass is 895 g/mol. The number of carbonyl (C=O) groups excluding carboxylic acids is 2. The number of carbonyl (C=O) groups is 2. The van der Waals surface area contributed by atoms with Crippen LogP contribution in [0.2, 0.25) is 0 Å². The van der Waals surface area contributed by atoms with Gasteiger partial charge >= 0.3 is 0 Å². The van der Waals surface area contributed by atoms with Crippen LogP contribution in [-0.2, 0) is 55.4 Å². The fourth-order valence-corrected chi connectivity index (χ4v) is 7.88. The molecule has 2 fully saturated rings. The number of aliphatic hydroxyl groups excluding tert-OH is 4. The van der Waals surface area contributed by atoms with Crippen molar-refractivity contribution in [3.8, 4) is 0 Å². The summed E-state index contributed by atoms with van der Waals surface area (Å²) in [6.07, 6.45) is -14.0. The van der Waals surface area contributed by atoms with Crippen LogP contribution in [0.4, 0.5) is 5.82 Å². The molecule has 0 spiro atoms. The molecule has 0 bridgehead atoms. The normalized spacial score (nSPS) is 28.2. The first-order valence-corrected chi connectivity index (χ1v) is 21.5. The Bertz CT molecular complexity index is 1860. The quantitative estimate of drug-likeness (QED) is 0.0427. The van der Waals surface area contributed by atoms with Gasteiger partial charge in [-0.25, -0.2) is 19.3 Å². The zero-order valence-electron chi connectivity index (χ0n) is 29.8. The highest BCUT2D eigenvalue weighted by Crippen LogP contribution is 2.56. The lowest BCUT2D eigenvalue weighted by Crippen LogP contribution is -2.46. The SMILES string of the molecule is CC(C)(COP(=O)([O-])OP(=O)([O-])OC[C@H]1O[C@@H](n2cnc3c(N)ncnc32)[C@H](O[C@@H]2O[C@H](COP(=O)([O-])[O-])[C@@H](O)[C@H]2O)[C@@H]1O)[C@@H](O)C(=O)NCCC(=O)NCCS. The molecule has 8 N–H and O–H groups in total. The average molecular weight is 896 g/mol. The molecular weight excluding hydrogens is 855 g/mol. The van der Waals surface area contributed by atoms with Gasteiger partial charge in [0.2, 0.25) is 11.8 Å². The molecule has 0 radical (unpaired) electrons. The van der Waals surface area contributed by atoms with Crippen molar-refractivity contribution in [3.05, 3.63) is 12.7 Å². The molecule has 4 heterocycles. The molecule has 57 heavy (non-hydrogen) atoms. The molecule has 0 saturated carbocycles. The lowest BCUT2D eigenvalue weighted by Gasteiger charge is -2.35. The summed E-state index contributed by atoms with van der Waals surface area (Å²) in [4.78, 5) is 83.0. The van der Waals surface area contributed by atoms with Crippen LogP contribution < -0.4 is 35.9 Å². The van der Waals surface area contributed by atoms with E-state index in [2.05, 4.69) is 56.1 Å². The number of phosphoric ester groups is 3. The molecule has 4 rings (SSSR count). The van der Waals surface area contributed by atoms with Gasteiger partial charge in [0.05, 0.1) is 34.0 Å². The number of amides is 2. The van der Waals surface area contributed by atoms with Gasteiger partial charge in [-0.1, -0.05) is 13.8 Å². The van der Waals surface area contributed by atoms with Crippen molar-refractivity contribution in [1.29, 1.82) is 0 Å². The van der Waals surface area contributed by atoms with E-state index in [1.165, 1.54) is 13.8 Å². The molecule has 2 aliphatic heterocycles. The van der Waals surface area contributed by atoms with E-state index in [9.17, 15) is 63.3 Å². The summed E-state index contributed by atoms with van der Waals surface area (Å²) in [6, 6.07) is 0. The third-order valence-corrected chi connectivity index (χ3v) is 11.4. The van der Waals surface area contributed by atoms with E-state index in [1.54, 1.807) is 0 Å². The predicted octanol–water partition coefficient (Wildman–Crippen LogP) is -5.73. The smallest absolute Gasteiger partial charge is 0.274 e. The number of phosphoric acid groups is 3. The van der Waals surface area contributed by atoms with Crippen LogP contribution in [0.5, 0.6) is 0 Å². The molecule has 2 amide bonds. The molecular formula is C26H40N7O20P3S-4. The van der Waals surface area contributed by atoms with Gasteiger partial charge in [0.15, 0.2) is 24.0 Å². The minimum atomic E-state index is -5.88. The number of thiol groups is 1. The minimum absolute atomic E-state index is 0.00387. The molecule has 0 aromatic carbocycles. The summed E-state index contributed by atoms with van der Waals surface area (Å²) in [7, 11) is -17.2. The maximum atomic E-state index is 12.7. The second kappa shape index (κ2) is 19.4. The summed E-state index contributed by atoms with van der Waals surface area (Å²) in [5.74, 6) is -1.08. The second-order valence-electron chi connectivity index (χ2n) is 13.1. The number of aliphatic hydroxyl groups is 4. The number of imidazole rings is 1. The number of ether oxygens (including phenoxy) is 3. The number of aromatic nitrogens is 4. The fourth-order valence-electron chi connectivity index (χ4n) is 5.26. The lowest BCUT2D eigenvalue weighted by atomic mass is 9.87.